The van der Waals surface area contributed by atoms with Gasteiger partial charge in [-0.05, 0) is 18.6 Å². The van der Waals surface area contributed by atoms with Crippen LogP contribution in [0, 0.1) is 0 Å². The quantitative estimate of drug-likeness (QED) is 0.664. The van der Waals surface area contributed by atoms with Crippen LogP contribution in [0.3, 0.4) is 0 Å². The maximum atomic E-state index is 5.84. The number of benzene rings is 1. The first-order chi connectivity index (χ1) is 8.92. The molecule has 0 fully saturated rings. The molecule has 0 saturated heterocycles. The topological polar surface area (TPSA) is 22.1 Å². The average Bonchev–Trinajstić information content (AvgIpc) is 2.43. The lowest BCUT2D eigenvalue weighted by Crippen LogP contribution is -1.98. The van der Waals surface area contributed by atoms with Crippen molar-refractivity contribution in [3.8, 4) is 5.75 Å². The number of pyridine rings is 1. The van der Waals surface area contributed by atoms with Gasteiger partial charge in [0.15, 0.2) is 0 Å². The van der Waals surface area contributed by atoms with E-state index in [0.717, 1.165) is 29.7 Å². The minimum absolute atomic E-state index is 0.791. The number of fused-ring (bicyclic) bond motifs is 1. The summed E-state index contributed by atoms with van der Waals surface area (Å²) in [5.41, 5.74) is 0.966. The molecule has 0 aliphatic carbocycles. The maximum Gasteiger partial charge on any atom is 0.145 e. The largest absolute Gasteiger partial charge is 0.491 e. The smallest absolute Gasteiger partial charge is 0.145 e. The Morgan fingerprint density at radius 3 is 2.72 bits per heavy atom. The number of aromatic nitrogens is 1. The van der Waals surface area contributed by atoms with Crippen LogP contribution in [0.1, 0.15) is 39.0 Å². The molecule has 1 heterocycles. The third-order valence-corrected chi connectivity index (χ3v) is 3.10. The Bertz CT molecular complexity index is 476. The summed E-state index contributed by atoms with van der Waals surface area (Å²) >= 11 is 0. The molecule has 96 valence electrons. The zero-order valence-electron chi connectivity index (χ0n) is 11.1. The highest BCUT2D eigenvalue weighted by Crippen LogP contribution is 2.23. The van der Waals surface area contributed by atoms with Gasteiger partial charge in [-0.25, -0.2) is 0 Å². The van der Waals surface area contributed by atoms with Crippen molar-refractivity contribution >= 4 is 10.9 Å². The maximum absolute atomic E-state index is 5.84. The highest BCUT2D eigenvalue weighted by molar-refractivity contribution is 5.84. The average molecular weight is 243 g/mol. The van der Waals surface area contributed by atoms with E-state index in [4.69, 9.17) is 4.74 Å². The van der Waals surface area contributed by atoms with Crippen LogP contribution in [-0.4, -0.2) is 11.6 Å². The van der Waals surface area contributed by atoms with E-state index >= 15 is 0 Å². The highest BCUT2D eigenvalue weighted by atomic mass is 16.5. The van der Waals surface area contributed by atoms with Crippen molar-refractivity contribution in [1.82, 2.24) is 4.98 Å². The van der Waals surface area contributed by atoms with E-state index in [1.807, 2.05) is 24.4 Å². The highest BCUT2D eigenvalue weighted by Gasteiger charge is 2.01. The summed E-state index contributed by atoms with van der Waals surface area (Å²) in [6.07, 6.45) is 8.13. The molecule has 2 heteroatoms. The predicted octanol–water partition coefficient (Wildman–Crippen LogP) is 4.58. The molecule has 2 nitrogen and oxygen atoms in total. The van der Waals surface area contributed by atoms with Crippen LogP contribution in [0.2, 0.25) is 0 Å². The van der Waals surface area contributed by atoms with Crippen LogP contribution in [0.25, 0.3) is 10.9 Å². The molecule has 2 rings (SSSR count). The molecule has 0 spiro atoms. The summed E-state index contributed by atoms with van der Waals surface area (Å²) in [6, 6.07) is 10.1. The SMILES string of the molecule is CCCCCCCOc1cccc2cccnc12. The van der Waals surface area contributed by atoms with E-state index in [0.29, 0.717) is 0 Å². The Morgan fingerprint density at radius 1 is 1.00 bits per heavy atom. The molecule has 1 aromatic heterocycles. The molecule has 1 aromatic carbocycles. The van der Waals surface area contributed by atoms with Gasteiger partial charge in [-0.3, -0.25) is 4.98 Å². The monoisotopic (exact) mass is 243 g/mol. The Hall–Kier alpha value is -1.57. The van der Waals surface area contributed by atoms with Gasteiger partial charge >= 0.3 is 0 Å². The summed E-state index contributed by atoms with van der Waals surface area (Å²) < 4.78 is 5.84. The Kier molecular flexibility index (Phi) is 5.00. The molecule has 0 unspecified atom stereocenters. The fourth-order valence-corrected chi connectivity index (χ4v) is 2.08. The van der Waals surface area contributed by atoms with Gasteiger partial charge in [0.25, 0.3) is 0 Å². The summed E-state index contributed by atoms with van der Waals surface area (Å²) in [5.74, 6) is 0.906. The van der Waals surface area contributed by atoms with E-state index in [1.54, 1.807) is 0 Å². The fourth-order valence-electron chi connectivity index (χ4n) is 2.08. The molecular weight excluding hydrogens is 222 g/mol. The molecule has 0 atom stereocenters. The normalized spacial score (nSPS) is 10.7. The predicted molar refractivity (Wildman–Crippen MR) is 76.0 cm³/mol. The molecule has 0 saturated carbocycles. The van der Waals surface area contributed by atoms with Crippen molar-refractivity contribution in [3.05, 3.63) is 36.5 Å². The lowest BCUT2D eigenvalue weighted by atomic mass is 10.2. The molecule has 0 aliphatic rings. The van der Waals surface area contributed by atoms with E-state index < -0.39 is 0 Å². The van der Waals surface area contributed by atoms with Gasteiger partial charge in [0.2, 0.25) is 0 Å². The third kappa shape index (κ3) is 3.46. The second kappa shape index (κ2) is 7.00. The van der Waals surface area contributed by atoms with Gasteiger partial charge in [0.1, 0.15) is 11.3 Å². The van der Waals surface area contributed by atoms with Crippen molar-refractivity contribution in [2.45, 2.75) is 39.0 Å². The molecule has 0 amide bonds. The first-order valence-electron chi connectivity index (χ1n) is 6.88. The number of rotatable bonds is 7. The van der Waals surface area contributed by atoms with Crippen molar-refractivity contribution in [3.63, 3.8) is 0 Å². The minimum atomic E-state index is 0.791. The molecular formula is C16H21NO. The first kappa shape index (κ1) is 12.9. The Labute approximate surface area is 109 Å². The minimum Gasteiger partial charge on any atom is -0.491 e. The number of nitrogens with zero attached hydrogens (tertiary/aromatic N) is 1. The van der Waals surface area contributed by atoms with E-state index in [1.165, 1.54) is 25.7 Å². The van der Waals surface area contributed by atoms with Gasteiger partial charge in [-0.1, -0.05) is 50.8 Å². The molecule has 2 aromatic rings. The van der Waals surface area contributed by atoms with Crippen LogP contribution in [0.4, 0.5) is 0 Å². The standard InChI is InChI=1S/C16H21NO/c1-2-3-4-5-6-13-18-15-11-7-9-14-10-8-12-17-16(14)15/h7-12H,2-6,13H2,1H3. The number of para-hydroxylation sites is 1. The van der Waals surface area contributed by atoms with Crippen LogP contribution < -0.4 is 4.74 Å². The Morgan fingerprint density at radius 2 is 1.83 bits per heavy atom. The number of hydrogen-bond acceptors (Lipinski definition) is 2. The zero-order chi connectivity index (χ0) is 12.6. The van der Waals surface area contributed by atoms with Crippen molar-refractivity contribution in [1.29, 1.82) is 0 Å². The number of hydrogen-bond donors (Lipinski definition) is 0. The van der Waals surface area contributed by atoms with Gasteiger partial charge in [0, 0.05) is 11.6 Å². The second-order valence-corrected chi connectivity index (χ2v) is 4.59. The zero-order valence-corrected chi connectivity index (χ0v) is 11.1. The number of ether oxygens (including phenoxy) is 1. The van der Waals surface area contributed by atoms with Crippen molar-refractivity contribution < 1.29 is 4.74 Å². The van der Waals surface area contributed by atoms with Crippen LogP contribution >= 0.6 is 0 Å². The Balaban J connectivity index is 1.88. The summed E-state index contributed by atoms with van der Waals surface area (Å²) in [7, 11) is 0. The van der Waals surface area contributed by atoms with E-state index in [2.05, 4.69) is 24.0 Å². The van der Waals surface area contributed by atoms with Crippen LogP contribution in [-0.2, 0) is 0 Å². The van der Waals surface area contributed by atoms with Gasteiger partial charge in [-0.2, -0.15) is 0 Å². The lowest BCUT2D eigenvalue weighted by Gasteiger charge is -2.08. The van der Waals surface area contributed by atoms with Crippen LogP contribution in [0.5, 0.6) is 5.75 Å². The molecule has 0 aliphatic heterocycles. The summed E-state index contributed by atoms with van der Waals surface area (Å²) in [4.78, 5) is 4.38. The molecule has 0 radical (unpaired) electrons. The second-order valence-electron chi connectivity index (χ2n) is 4.59. The molecule has 0 bridgehead atoms. The van der Waals surface area contributed by atoms with Crippen molar-refractivity contribution in [2.24, 2.45) is 0 Å². The molecule has 0 N–H and O–H groups in total. The van der Waals surface area contributed by atoms with Crippen molar-refractivity contribution in [2.75, 3.05) is 6.61 Å². The van der Waals surface area contributed by atoms with Gasteiger partial charge < -0.3 is 4.74 Å². The number of unbranched alkanes of at least 4 members (excludes halogenated alkanes) is 4. The third-order valence-electron chi connectivity index (χ3n) is 3.10. The van der Waals surface area contributed by atoms with Gasteiger partial charge in [-0.15, -0.1) is 0 Å². The van der Waals surface area contributed by atoms with Gasteiger partial charge in [0.05, 0.1) is 6.61 Å². The molecule has 18 heavy (non-hydrogen) atoms. The van der Waals surface area contributed by atoms with E-state index in [9.17, 15) is 0 Å². The van der Waals surface area contributed by atoms with E-state index in [-0.39, 0.29) is 0 Å². The lowest BCUT2D eigenvalue weighted by molar-refractivity contribution is 0.307. The first-order valence-corrected chi connectivity index (χ1v) is 6.88. The van der Waals surface area contributed by atoms with Crippen LogP contribution in [0.15, 0.2) is 36.5 Å². The summed E-state index contributed by atoms with van der Waals surface area (Å²) in [6.45, 7) is 3.03. The fraction of sp³-hybridized carbons (Fsp3) is 0.438. The summed E-state index contributed by atoms with van der Waals surface area (Å²) in [5, 5.41) is 1.14.